The van der Waals surface area contributed by atoms with Crippen LogP contribution in [0.2, 0.25) is 15.1 Å². The van der Waals surface area contributed by atoms with E-state index in [4.69, 9.17) is 34.8 Å². The zero-order valence-electron chi connectivity index (χ0n) is 9.18. The molecule has 0 amide bonds. The lowest BCUT2D eigenvalue weighted by Crippen LogP contribution is -2.04. The zero-order chi connectivity index (χ0) is 14.2. The molecule has 0 aliphatic rings. The number of carbonyl (C=O) groups is 1. The van der Waals surface area contributed by atoms with E-state index in [1.807, 2.05) is 0 Å². The molecule has 0 radical (unpaired) electrons. The topological polar surface area (TPSA) is 17.1 Å². The van der Waals surface area contributed by atoms with Crippen molar-refractivity contribution in [1.29, 1.82) is 0 Å². The van der Waals surface area contributed by atoms with Gasteiger partial charge in [-0.3, -0.25) is 4.79 Å². The summed E-state index contributed by atoms with van der Waals surface area (Å²) < 4.78 is 13.8. The molecule has 0 aliphatic carbocycles. The van der Waals surface area contributed by atoms with Gasteiger partial charge in [-0.2, -0.15) is 0 Å². The van der Waals surface area contributed by atoms with Crippen molar-refractivity contribution in [3.05, 3.63) is 66.8 Å². The highest BCUT2D eigenvalue weighted by Crippen LogP contribution is 2.31. The van der Waals surface area contributed by atoms with Crippen molar-refractivity contribution in [3.63, 3.8) is 0 Å². The van der Waals surface area contributed by atoms with Crippen LogP contribution in [0, 0.1) is 5.82 Å². The molecule has 0 aliphatic heterocycles. The quantitative estimate of drug-likeness (QED) is 0.602. The summed E-state index contributed by atoms with van der Waals surface area (Å²) in [6.07, 6.45) is 0. The van der Waals surface area contributed by atoms with Crippen LogP contribution in [0.1, 0.15) is 15.9 Å². The first kappa shape index (κ1) is 14.8. The third kappa shape index (κ3) is 3.29. The molecule has 0 aromatic heterocycles. The number of ketones is 1. The van der Waals surface area contributed by atoms with E-state index in [-0.39, 0.29) is 21.2 Å². The molecule has 0 unspecified atom stereocenters. The second-order valence-corrected chi connectivity index (χ2v) is 5.90. The van der Waals surface area contributed by atoms with Gasteiger partial charge in [0.1, 0.15) is 5.82 Å². The number of hydrogen-bond donors (Lipinski definition) is 0. The molecule has 0 saturated carbocycles. The van der Waals surface area contributed by atoms with E-state index in [2.05, 4.69) is 15.9 Å². The molecule has 1 nitrogen and oxygen atoms in total. The Morgan fingerprint density at radius 2 is 1.58 bits per heavy atom. The van der Waals surface area contributed by atoms with Crippen molar-refractivity contribution in [2.75, 3.05) is 0 Å². The van der Waals surface area contributed by atoms with Gasteiger partial charge in [-0.25, -0.2) is 4.39 Å². The Morgan fingerprint density at radius 1 is 1.00 bits per heavy atom. The number of hydrogen-bond acceptors (Lipinski definition) is 1. The SMILES string of the molecule is O=C(c1cc(F)cc(Br)c1)c1c(Cl)cc(Cl)cc1Cl. The summed E-state index contributed by atoms with van der Waals surface area (Å²) in [7, 11) is 0. The van der Waals surface area contributed by atoms with Gasteiger partial charge in [-0.1, -0.05) is 50.7 Å². The van der Waals surface area contributed by atoms with Crippen LogP contribution in [0.5, 0.6) is 0 Å². The van der Waals surface area contributed by atoms with Crippen LogP contribution >= 0.6 is 50.7 Å². The van der Waals surface area contributed by atoms with E-state index >= 15 is 0 Å². The molecule has 2 rings (SSSR count). The fourth-order valence-electron chi connectivity index (χ4n) is 1.59. The smallest absolute Gasteiger partial charge is 0.196 e. The molecule has 0 fully saturated rings. The minimum absolute atomic E-state index is 0.102. The van der Waals surface area contributed by atoms with E-state index in [1.165, 1.54) is 24.3 Å². The van der Waals surface area contributed by atoms with Crippen LogP contribution in [0.15, 0.2) is 34.8 Å². The average molecular weight is 382 g/mol. The molecule has 98 valence electrons. The molecule has 0 heterocycles. The fourth-order valence-corrected chi connectivity index (χ4v) is 3.04. The van der Waals surface area contributed by atoms with E-state index < -0.39 is 11.6 Å². The second-order valence-electron chi connectivity index (χ2n) is 3.73. The van der Waals surface area contributed by atoms with Crippen LogP contribution in [0.25, 0.3) is 0 Å². The van der Waals surface area contributed by atoms with Crippen molar-refractivity contribution in [2.24, 2.45) is 0 Å². The Kier molecular flexibility index (Phi) is 4.51. The molecule has 19 heavy (non-hydrogen) atoms. The molecule has 0 saturated heterocycles. The van der Waals surface area contributed by atoms with Crippen molar-refractivity contribution >= 4 is 56.5 Å². The van der Waals surface area contributed by atoms with Gasteiger partial charge in [-0.15, -0.1) is 0 Å². The third-order valence-corrected chi connectivity index (χ3v) is 3.63. The highest BCUT2D eigenvalue weighted by molar-refractivity contribution is 9.10. The number of carbonyl (C=O) groups excluding carboxylic acids is 1. The molecule has 2 aromatic rings. The van der Waals surface area contributed by atoms with Gasteiger partial charge >= 0.3 is 0 Å². The molecule has 0 spiro atoms. The Labute approximate surface area is 132 Å². The second kappa shape index (κ2) is 5.80. The maximum Gasteiger partial charge on any atom is 0.196 e. The maximum absolute atomic E-state index is 13.3. The summed E-state index contributed by atoms with van der Waals surface area (Å²) in [5.41, 5.74) is 0.253. The van der Waals surface area contributed by atoms with Crippen molar-refractivity contribution < 1.29 is 9.18 Å². The van der Waals surface area contributed by atoms with Crippen LogP contribution in [-0.2, 0) is 0 Å². The van der Waals surface area contributed by atoms with E-state index in [9.17, 15) is 9.18 Å². The third-order valence-electron chi connectivity index (χ3n) is 2.36. The van der Waals surface area contributed by atoms with Crippen LogP contribution in [0.4, 0.5) is 4.39 Å². The molecule has 0 bridgehead atoms. The lowest BCUT2D eigenvalue weighted by molar-refractivity contribution is 0.103. The fraction of sp³-hybridized carbons (Fsp3) is 0. The Hall–Kier alpha value is -0.610. The van der Waals surface area contributed by atoms with E-state index in [0.29, 0.717) is 9.50 Å². The first-order chi connectivity index (χ1) is 8.88. The molecule has 0 N–H and O–H groups in total. The van der Waals surface area contributed by atoms with Crippen LogP contribution in [-0.4, -0.2) is 5.78 Å². The first-order valence-corrected chi connectivity index (χ1v) is 6.96. The van der Waals surface area contributed by atoms with Crippen molar-refractivity contribution in [2.45, 2.75) is 0 Å². The highest BCUT2D eigenvalue weighted by atomic mass is 79.9. The monoisotopic (exact) mass is 380 g/mol. The number of halogens is 5. The normalized spacial score (nSPS) is 10.6. The maximum atomic E-state index is 13.3. The van der Waals surface area contributed by atoms with Crippen LogP contribution in [0.3, 0.4) is 0 Å². The molecule has 2 aromatic carbocycles. The molecular formula is C13H5BrCl3FO. The van der Waals surface area contributed by atoms with Gasteiger partial charge in [-0.05, 0) is 30.3 Å². The first-order valence-electron chi connectivity index (χ1n) is 5.04. The van der Waals surface area contributed by atoms with Gasteiger partial charge in [0.25, 0.3) is 0 Å². The van der Waals surface area contributed by atoms with E-state index in [0.717, 1.165) is 6.07 Å². The van der Waals surface area contributed by atoms with Crippen molar-refractivity contribution in [1.82, 2.24) is 0 Å². The predicted octanol–water partition coefficient (Wildman–Crippen LogP) is 5.78. The summed E-state index contributed by atoms with van der Waals surface area (Å²) in [5.74, 6) is -0.995. The Bertz CT molecular complexity index is 630. The molecule has 6 heteroatoms. The number of benzene rings is 2. The summed E-state index contributed by atoms with van der Waals surface area (Å²) in [6.45, 7) is 0. The predicted molar refractivity (Wildman–Crippen MR) is 79.0 cm³/mol. The van der Waals surface area contributed by atoms with E-state index in [1.54, 1.807) is 0 Å². The lowest BCUT2D eigenvalue weighted by Gasteiger charge is -2.07. The summed E-state index contributed by atoms with van der Waals surface area (Å²) >= 11 is 20.8. The van der Waals surface area contributed by atoms with Gasteiger partial charge < -0.3 is 0 Å². The van der Waals surface area contributed by atoms with Gasteiger partial charge in [0.2, 0.25) is 0 Å². The summed E-state index contributed by atoms with van der Waals surface area (Å²) in [4.78, 5) is 12.3. The lowest BCUT2D eigenvalue weighted by atomic mass is 10.0. The van der Waals surface area contributed by atoms with Crippen LogP contribution < -0.4 is 0 Å². The average Bonchev–Trinajstić information content (AvgIpc) is 2.25. The van der Waals surface area contributed by atoms with Crippen molar-refractivity contribution in [3.8, 4) is 0 Å². The standard InChI is InChI=1S/C13H5BrCl3FO/c14-7-1-6(2-9(18)3-7)13(19)12-10(16)4-8(15)5-11(12)17/h1-5H. The number of rotatable bonds is 2. The summed E-state index contributed by atoms with van der Waals surface area (Å²) in [6, 6.07) is 6.69. The molecule has 0 atom stereocenters. The largest absolute Gasteiger partial charge is 0.288 e. The van der Waals surface area contributed by atoms with Gasteiger partial charge in [0, 0.05) is 15.1 Å². The van der Waals surface area contributed by atoms with Gasteiger partial charge in [0.05, 0.1) is 15.6 Å². The molecular weight excluding hydrogens is 377 g/mol. The Balaban J connectivity index is 2.56. The minimum Gasteiger partial charge on any atom is -0.288 e. The van der Waals surface area contributed by atoms with Gasteiger partial charge in [0.15, 0.2) is 5.78 Å². The Morgan fingerprint density at radius 3 is 2.11 bits per heavy atom. The highest BCUT2D eigenvalue weighted by Gasteiger charge is 2.18. The summed E-state index contributed by atoms with van der Waals surface area (Å²) in [5, 5.41) is 0.581. The zero-order valence-corrected chi connectivity index (χ0v) is 13.0. The minimum atomic E-state index is -0.529.